The van der Waals surface area contributed by atoms with E-state index in [1.54, 1.807) is 53.4 Å². The number of hydrogen-bond donors (Lipinski definition) is 2. The van der Waals surface area contributed by atoms with E-state index in [1.165, 1.54) is 0 Å². The van der Waals surface area contributed by atoms with Gasteiger partial charge in [0.25, 0.3) is 5.91 Å². The molecule has 4 nitrogen and oxygen atoms in total. The lowest BCUT2D eigenvalue weighted by Crippen LogP contribution is -2.31. The van der Waals surface area contributed by atoms with Crippen LogP contribution >= 0.6 is 39.1 Å². The van der Waals surface area contributed by atoms with Gasteiger partial charge in [0.05, 0.1) is 18.8 Å². The van der Waals surface area contributed by atoms with Gasteiger partial charge in [-0.15, -0.1) is 0 Å². The predicted octanol–water partition coefficient (Wildman–Crippen LogP) is 7.11. The summed E-state index contributed by atoms with van der Waals surface area (Å²) in [6.45, 7) is -0.835. The highest BCUT2D eigenvalue weighted by Gasteiger charge is 2.38. The predicted molar refractivity (Wildman–Crippen MR) is 132 cm³/mol. The van der Waals surface area contributed by atoms with Gasteiger partial charge in [-0.3, -0.25) is 4.79 Å². The summed E-state index contributed by atoms with van der Waals surface area (Å²) >= 11 is 15.7. The number of hydrogen-bond acceptors (Lipinski definition) is 3. The van der Waals surface area contributed by atoms with E-state index in [-0.39, 0.29) is 12.5 Å². The summed E-state index contributed by atoms with van der Waals surface area (Å²) in [4.78, 5) is 15.1. The minimum Gasteiger partial charge on any atom is -0.370 e. The lowest BCUT2D eigenvalue weighted by molar-refractivity contribution is -0.125. The van der Waals surface area contributed by atoms with Crippen molar-refractivity contribution in [1.29, 1.82) is 0 Å². The average molecular weight is 573 g/mol. The molecule has 1 unspecified atom stereocenters. The fourth-order valence-electron chi connectivity index (χ4n) is 3.85. The van der Waals surface area contributed by atoms with E-state index in [4.69, 9.17) is 23.2 Å². The van der Waals surface area contributed by atoms with Gasteiger partial charge in [-0.05, 0) is 47.5 Å². The van der Waals surface area contributed by atoms with Gasteiger partial charge in [0.1, 0.15) is 6.04 Å². The van der Waals surface area contributed by atoms with Crippen LogP contribution in [-0.2, 0) is 17.9 Å². The molecular formula is C24H19BrCl2F3N3O. The van der Waals surface area contributed by atoms with Crippen molar-refractivity contribution in [2.24, 2.45) is 0 Å². The molecule has 10 heteroatoms. The Morgan fingerprint density at radius 2 is 1.76 bits per heavy atom. The van der Waals surface area contributed by atoms with E-state index < -0.39 is 18.8 Å². The molecule has 0 radical (unpaired) electrons. The molecule has 34 heavy (non-hydrogen) atoms. The SMILES string of the molecule is O=C1C(Nc2cc(Br)ccc2CNCC(F)(F)F)c2ccc(Cl)cc2N1Cc1cccc(Cl)c1. The molecule has 0 fully saturated rings. The Labute approximate surface area is 213 Å². The molecule has 0 saturated heterocycles. The van der Waals surface area contributed by atoms with E-state index in [9.17, 15) is 18.0 Å². The van der Waals surface area contributed by atoms with Crippen LogP contribution in [0.4, 0.5) is 24.5 Å². The fourth-order valence-corrected chi connectivity index (χ4v) is 4.59. The zero-order chi connectivity index (χ0) is 24.5. The van der Waals surface area contributed by atoms with E-state index in [0.717, 1.165) is 15.6 Å². The third-order valence-corrected chi connectivity index (χ3v) is 6.31. The Kier molecular flexibility index (Phi) is 7.42. The standard InChI is InChI=1S/C24H19BrCl2F3N3O/c25-16-5-4-15(11-31-13-24(28,29)30)20(9-16)32-22-19-7-6-18(27)10-21(19)33(23(22)34)12-14-2-1-3-17(26)8-14/h1-10,22,31-32H,11-13H2. The lowest BCUT2D eigenvalue weighted by Gasteiger charge is -2.20. The van der Waals surface area contributed by atoms with Gasteiger partial charge in [-0.1, -0.05) is 63.4 Å². The molecule has 0 bridgehead atoms. The number of carbonyl (C=O) groups is 1. The van der Waals surface area contributed by atoms with Gasteiger partial charge >= 0.3 is 6.18 Å². The largest absolute Gasteiger partial charge is 0.401 e. The molecule has 2 N–H and O–H groups in total. The second kappa shape index (κ2) is 10.2. The van der Waals surface area contributed by atoms with E-state index in [1.807, 2.05) is 12.1 Å². The molecule has 3 aromatic carbocycles. The molecule has 178 valence electrons. The highest BCUT2D eigenvalue weighted by atomic mass is 79.9. The van der Waals surface area contributed by atoms with E-state index >= 15 is 0 Å². The maximum absolute atomic E-state index is 13.5. The highest BCUT2D eigenvalue weighted by Crippen LogP contribution is 2.41. The van der Waals surface area contributed by atoms with Gasteiger partial charge in [0.2, 0.25) is 0 Å². The Bertz CT molecular complexity index is 1220. The van der Waals surface area contributed by atoms with Crippen LogP contribution < -0.4 is 15.5 Å². The zero-order valence-electron chi connectivity index (χ0n) is 17.6. The van der Waals surface area contributed by atoms with Gasteiger partial charge in [-0.2, -0.15) is 13.2 Å². The minimum absolute atomic E-state index is 0.0181. The summed E-state index contributed by atoms with van der Waals surface area (Å²) in [5.41, 5.74) is 3.40. The second-order valence-corrected chi connectivity index (χ2v) is 9.64. The third kappa shape index (κ3) is 5.86. The quantitative estimate of drug-likeness (QED) is 0.317. The average Bonchev–Trinajstić information content (AvgIpc) is 3.00. The van der Waals surface area contributed by atoms with Crippen molar-refractivity contribution in [1.82, 2.24) is 5.32 Å². The molecule has 4 rings (SSSR count). The number of nitrogens with one attached hydrogen (secondary N) is 2. The number of rotatable bonds is 7. The first kappa shape index (κ1) is 24.9. The molecular weight excluding hydrogens is 554 g/mol. The number of anilines is 2. The van der Waals surface area contributed by atoms with Crippen molar-refractivity contribution < 1.29 is 18.0 Å². The van der Waals surface area contributed by atoms with Crippen LogP contribution in [0.2, 0.25) is 10.0 Å². The number of alkyl halides is 3. The Hall–Kier alpha value is -2.26. The maximum Gasteiger partial charge on any atom is 0.401 e. The summed E-state index contributed by atoms with van der Waals surface area (Å²) in [5.74, 6) is -0.202. The van der Waals surface area contributed by atoms with Crippen LogP contribution in [0.5, 0.6) is 0 Å². The van der Waals surface area contributed by atoms with Crippen LogP contribution in [-0.4, -0.2) is 18.6 Å². The number of fused-ring (bicyclic) bond motifs is 1. The van der Waals surface area contributed by atoms with E-state index in [2.05, 4.69) is 26.6 Å². The first-order valence-corrected chi connectivity index (χ1v) is 11.8. The van der Waals surface area contributed by atoms with Gasteiger partial charge in [0.15, 0.2) is 0 Å². The van der Waals surface area contributed by atoms with Crippen LogP contribution in [0.25, 0.3) is 0 Å². The smallest absolute Gasteiger partial charge is 0.370 e. The van der Waals surface area contributed by atoms with Crippen LogP contribution in [0.15, 0.2) is 65.1 Å². The normalized spacial score (nSPS) is 15.5. The third-order valence-electron chi connectivity index (χ3n) is 5.35. The molecule has 1 heterocycles. The topological polar surface area (TPSA) is 44.4 Å². The molecule has 1 atom stereocenters. The van der Waals surface area contributed by atoms with Gasteiger partial charge < -0.3 is 15.5 Å². The zero-order valence-corrected chi connectivity index (χ0v) is 20.7. The van der Waals surface area contributed by atoms with Crippen LogP contribution in [0, 0.1) is 0 Å². The molecule has 1 amide bonds. The maximum atomic E-state index is 13.5. The summed E-state index contributed by atoms with van der Waals surface area (Å²) < 4.78 is 38.5. The van der Waals surface area contributed by atoms with Crippen molar-refractivity contribution in [3.63, 3.8) is 0 Å². The lowest BCUT2D eigenvalue weighted by atomic mass is 10.1. The fraction of sp³-hybridized carbons (Fsp3) is 0.208. The van der Waals surface area contributed by atoms with Crippen molar-refractivity contribution in [2.75, 3.05) is 16.8 Å². The molecule has 0 aliphatic carbocycles. The molecule has 0 saturated carbocycles. The first-order valence-electron chi connectivity index (χ1n) is 10.3. The molecule has 1 aliphatic rings. The Morgan fingerprint density at radius 1 is 1.00 bits per heavy atom. The number of nitrogens with zero attached hydrogens (tertiary/aromatic N) is 1. The molecule has 0 spiro atoms. The molecule has 3 aromatic rings. The summed E-state index contributed by atoms with van der Waals surface area (Å²) in [6, 6.07) is 16.9. The highest BCUT2D eigenvalue weighted by molar-refractivity contribution is 9.10. The van der Waals surface area contributed by atoms with Crippen molar-refractivity contribution in [3.8, 4) is 0 Å². The summed E-state index contributed by atoms with van der Waals surface area (Å²) in [5, 5.41) is 6.70. The second-order valence-electron chi connectivity index (χ2n) is 7.85. The molecule has 1 aliphatic heterocycles. The summed E-state index contributed by atoms with van der Waals surface area (Å²) in [6.07, 6.45) is -4.32. The first-order chi connectivity index (χ1) is 16.1. The number of benzene rings is 3. The summed E-state index contributed by atoms with van der Waals surface area (Å²) in [7, 11) is 0. The van der Waals surface area contributed by atoms with Crippen LogP contribution in [0.3, 0.4) is 0 Å². The number of halogens is 6. The van der Waals surface area contributed by atoms with E-state index in [0.29, 0.717) is 33.5 Å². The Balaban J connectivity index is 1.63. The van der Waals surface area contributed by atoms with Gasteiger partial charge in [-0.25, -0.2) is 0 Å². The van der Waals surface area contributed by atoms with Crippen molar-refractivity contribution in [2.45, 2.75) is 25.3 Å². The Morgan fingerprint density at radius 3 is 2.50 bits per heavy atom. The monoisotopic (exact) mass is 571 g/mol. The van der Waals surface area contributed by atoms with Gasteiger partial charge in [0, 0.05) is 32.3 Å². The minimum atomic E-state index is -4.32. The van der Waals surface area contributed by atoms with Crippen molar-refractivity contribution >= 4 is 56.4 Å². The van der Waals surface area contributed by atoms with Crippen LogP contribution in [0.1, 0.15) is 22.7 Å². The number of carbonyl (C=O) groups excluding carboxylic acids is 1. The number of amides is 1. The molecule has 0 aromatic heterocycles. The van der Waals surface area contributed by atoms with Crippen molar-refractivity contribution in [3.05, 3.63) is 91.9 Å².